The molecule has 2 heterocycles. The van der Waals surface area contributed by atoms with Gasteiger partial charge in [-0.1, -0.05) is 0 Å². The van der Waals surface area contributed by atoms with E-state index in [4.69, 9.17) is 15.2 Å². The predicted octanol–water partition coefficient (Wildman–Crippen LogP) is 0.215. The van der Waals surface area contributed by atoms with E-state index in [9.17, 15) is 0 Å². The van der Waals surface area contributed by atoms with Gasteiger partial charge >= 0.3 is 0 Å². The first-order valence-electron chi connectivity index (χ1n) is 6.03. The van der Waals surface area contributed by atoms with Gasteiger partial charge in [-0.25, -0.2) is 0 Å². The van der Waals surface area contributed by atoms with Crippen LogP contribution in [0.1, 0.15) is 19.3 Å². The van der Waals surface area contributed by atoms with Crippen molar-refractivity contribution in [1.82, 2.24) is 4.90 Å². The Morgan fingerprint density at radius 2 is 2.33 bits per heavy atom. The van der Waals surface area contributed by atoms with Crippen LogP contribution in [-0.2, 0) is 9.47 Å². The van der Waals surface area contributed by atoms with Gasteiger partial charge in [-0.2, -0.15) is 0 Å². The molecule has 2 fully saturated rings. The van der Waals surface area contributed by atoms with Crippen LogP contribution in [0.4, 0.5) is 0 Å². The molecule has 15 heavy (non-hydrogen) atoms. The third-order valence-corrected chi connectivity index (χ3v) is 3.39. The largest absolute Gasteiger partial charge is 0.377 e. The van der Waals surface area contributed by atoms with Crippen molar-refractivity contribution in [3.63, 3.8) is 0 Å². The Morgan fingerprint density at radius 3 is 2.93 bits per heavy atom. The fourth-order valence-corrected chi connectivity index (χ4v) is 2.23. The molecule has 0 radical (unpaired) electrons. The highest BCUT2D eigenvalue weighted by molar-refractivity contribution is 4.82. The molecule has 2 saturated heterocycles. The molecule has 2 atom stereocenters. The first kappa shape index (κ1) is 11.3. The number of hydrogen-bond acceptors (Lipinski definition) is 4. The lowest BCUT2D eigenvalue weighted by molar-refractivity contribution is -0.00408. The van der Waals surface area contributed by atoms with Gasteiger partial charge in [0.2, 0.25) is 0 Å². The summed E-state index contributed by atoms with van der Waals surface area (Å²) in [5, 5.41) is 0. The zero-order valence-corrected chi connectivity index (χ0v) is 9.36. The van der Waals surface area contributed by atoms with E-state index in [1.165, 1.54) is 19.4 Å². The molecule has 4 nitrogen and oxygen atoms in total. The second-order valence-corrected chi connectivity index (χ2v) is 4.42. The Kier molecular flexibility index (Phi) is 4.38. The van der Waals surface area contributed by atoms with E-state index in [0.29, 0.717) is 12.1 Å². The van der Waals surface area contributed by atoms with Crippen molar-refractivity contribution in [3.05, 3.63) is 0 Å². The van der Waals surface area contributed by atoms with Crippen LogP contribution in [0.25, 0.3) is 0 Å². The van der Waals surface area contributed by atoms with Gasteiger partial charge in [-0.15, -0.1) is 0 Å². The zero-order chi connectivity index (χ0) is 10.5. The number of hydrogen-bond donors (Lipinski definition) is 1. The van der Waals surface area contributed by atoms with Crippen molar-refractivity contribution in [2.45, 2.75) is 31.4 Å². The van der Waals surface area contributed by atoms with Gasteiger partial charge in [-0.3, -0.25) is 4.90 Å². The summed E-state index contributed by atoms with van der Waals surface area (Å²) in [7, 11) is 0. The van der Waals surface area contributed by atoms with Gasteiger partial charge in [0.25, 0.3) is 0 Å². The number of nitrogens with two attached hydrogens (primary N) is 1. The summed E-state index contributed by atoms with van der Waals surface area (Å²) in [6.07, 6.45) is 3.96. The minimum Gasteiger partial charge on any atom is -0.377 e. The van der Waals surface area contributed by atoms with Gasteiger partial charge in [0.15, 0.2) is 0 Å². The van der Waals surface area contributed by atoms with E-state index < -0.39 is 0 Å². The molecule has 0 aromatic heterocycles. The summed E-state index contributed by atoms with van der Waals surface area (Å²) >= 11 is 0. The first-order chi connectivity index (χ1) is 7.40. The van der Waals surface area contributed by atoms with Crippen molar-refractivity contribution >= 4 is 0 Å². The Morgan fingerprint density at radius 1 is 1.40 bits per heavy atom. The van der Waals surface area contributed by atoms with Crippen LogP contribution >= 0.6 is 0 Å². The summed E-state index contributed by atoms with van der Waals surface area (Å²) in [5.74, 6) is 0. The molecule has 0 amide bonds. The molecule has 0 spiro atoms. The Bertz CT molecular complexity index is 181. The van der Waals surface area contributed by atoms with E-state index in [2.05, 4.69) is 4.90 Å². The average Bonchev–Trinajstić information content (AvgIpc) is 2.69. The highest BCUT2D eigenvalue weighted by atomic mass is 16.5. The number of ether oxygens (including phenoxy) is 2. The van der Waals surface area contributed by atoms with Gasteiger partial charge in [-0.05, 0) is 19.3 Å². The van der Waals surface area contributed by atoms with Crippen molar-refractivity contribution in [1.29, 1.82) is 0 Å². The minimum absolute atomic E-state index is 0.353. The lowest BCUT2D eigenvalue weighted by atomic mass is 10.0. The fourth-order valence-electron chi connectivity index (χ4n) is 2.23. The molecule has 0 saturated carbocycles. The highest BCUT2D eigenvalue weighted by Crippen LogP contribution is 2.15. The fraction of sp³-hybridized carbons (Fsp3) is 1.00. The van der Waals surface area contributed by atoms with E-state index in [0.717, 1.165) is 39.3 Å². The third kappa shape index (κ3) is 3.14. The summed E-state index contributed by atoms with van der Waals surface area (Å²) in [4.78, 5) is 2.40. The van der Waals surface area contributed by atoms with Crippen molar-refractivity contribution in [2.75, 3.05) is 39.5 Å². The summed E-state index contributed by atoms with van der Waals surface area (Å²) in [6, 6.07) is 0.608. The van der Waals surface area contributed by atoms with E-state index in [1.807, 2.05) is 0 Å². The summed E-state index contributed by atoms with van der Waals surface area (Å²) < 4.78 is 11.1. The molecule has 2 unspecified atom stereocenters. The van der Waals surface area contributed by atoms with Crippen molar-refractivity contribution in [3.8, 4) is 0 Å². The first-order valence-corrected chi connectivity index (χ1v) is 6.03. The zero-order valence-electron chi connectivity index (χ0n) is 9.36. The second-order valence-electron chi connectivity index (χ2n) is 4.42. The molecular formula is C11H22N2O2. The molecule has 2 aliphatic heterocycles. The maximum Gasteiger partial charge on any atom is 0.0809 e. The van der Waals surface area contributed by atoms with E-state index in [1.54, 1.807) is 0 Å². The average molecular weight is 214 g/mol. The number of likely N-dealkylation sites (tertiary alicyclic amines) is 1. The molecule has 2 aliphatic rings. The van der Waals surface area contributed by atoms with Gasteiger partial charge in [0.1, 0.15) is 0 Å². The molecule has 0 aromatic carbocycles. The van der Waals surface area contributed by atoms with Crippen LogP contribution in [0.3, 0.4) is 0 Å². The molecule has 88 valence electrons. The molecular weight excluding hydrogens is 192 g/mol. The monoisotopic (exact) mass is 214 g/mol. The molecule has 2 N–H and O–H groups in total. The Balaban J connectivity index is 1.48. The Labute approximate surface area is 91.7 Å². The van der Waals surface area contributed by atoms with E-state index in [-0.39, 0.29) is 0 Å². The van der Waals surface area contributed by atoms with Gasteiger partial charge in [0.05, 0.1) is 19.3 Å². The topological polar surface area (TPSA) is 47.7 Å². The van der Waals surface area contributed by atoms with Crippen LogP contribution in [-0.4, -0.2) is 56.5 Å². The van der Waals surface area contributed by atoms with Crippen molar-refractivity contribution < 1.29 is 9.47 Å². The molecule has 4 heteroatoms. The van der Waals surface area contributed by atoms with Crippen LogP contribution in [0, 0.1) is 0 Å². The quantitative estimate of drug-likeness (QED) is 0.642. The molecule has 0 aliphatic carbocycles. The maximum absolute atomic E-state index is 5.63. The molecule has 0 aromatic rings. The molecule has 2 rings (SSSR count). The smallest absolute Gasteiger partial charge is 0.0809 e. The SMILES string of the molecule is NCC1CCN1CCOCC1CCCO1. The van der Waals surface area contributed by atoms with Crippen LogP contribution in [0.15, 0.2) is 0 Å². The van der Waals surface area contributed by atoms with E-state index >= 15 is 0 Å². The van der Waals surface area contributed by atoms with Gasteiger partial charge in [0, 0.05) is 32.3 Å². The predicted molar refractivity (Wildman–Crippen MR) is 58.8 cm³/mol. The standard InChI is InChI=1S/C11H22N2O2/c12-8-10-3-4-13(10)5-7-14-9-11-2-1-6-15-11/h10-11H,1-9,12H2. The summed E-state index contributed by atoms with van der Waals surface area (Å²) in [5.41, 5.74) is 5.63. The molecule has 0 bridgehead atoms. The van der Waals surface area contributed by atoms with Crippen molar-refractivity contribution in [2.24, 2.45) is 5.73 Å². The Hall–Kier alpha value is -0.160. The second kappa shape index (κ2) is 5.80. The summed E-state index contributed by atoms with van der Waals surface area (Å²) in [6.45, 7) is 5.48. The lowest BCUT2D eigenvalue weighted by Gasteiger charge is -2.40. The van der Waals surface area contributed by atoms with Crippen LogP contribution < -0.4 is 5.73 Å². The number of nitrogens with zero attached hydrogens (tertiary/aromatic N) is 1. The highest BCUT2D eigenvalue weighted by Gasteiger charge is 2.25. The normalized spacial score (nSPS) is 31.8. The van der Waals surface area contributed by atoms with Crippen LogP contribution in [0.5, 0.6) is 0 Å². The minimum atomic E-state index is 0.353. The third-order valence-electron chi connectivity index (χ3n) is 3.39. The maximum atomic E-state index is 5.63. The van der Waals surface area contributed by atoms with Crippen LogP contribution in [0.2, 0.25) is 0 Å². The lowest BCUT2D eigenvalue weighted by Crippen LogP contribution is -2.52. The van der Waals surface area contributed by atoms with Gasteiger partial charge < -0.3 is 15.2 Å². The number of rotatable bonds is 6.